The van der Waals surface area contributed by atoms with E-state index in [2.05, 4.69) is 0 Å². The largest absolute Gasteiger partial charge is 0.456 e. The van der Waals surface area contributed by atoms with Crippen molar-refractivity contribution in [3.63, 3.8) is 0 Å². The fraction of sp³-hybridized carbons (Fsp3) is 0.250. The van der Waals surface area contributed by atoms with Crippen molar-refractivity contribution in [1.82, 2.24) is 0 Å². The number of hydrogen-bond acceptors (Lipinski definition) is 7. The molecule has 0 aliphatic rings. The molecule has 3 rings (SSSR count). The van der Waals surface area contributed by atoms with Gasteiger partial charge in [0.05, 0.1) is 5.56 Å². The molecule has 0 aromatic heterocycles. The number of carbonyl (C=O) groups is 3. The molecule has 3 aromatic rings. The van der Waals surface area contributed by atoms with Crippen molar-refractivity contribution in [2.75, 3.05) is 0 Å². The van der Waals surface area contributed by atoms with Gasteiger partial charge in [0.2, 0.25) is 0 Å². The highest BCUT2D eigenvalue weighted by atomic mass is 16.6. The number of hydrogen-bond donors (Lipinski definition) is 3. The van der Waals surface area contributed by atoms with Gasteiger partial charge < -0.3 is 26.0 Å². The van der Waals surface area contributed by atoms with Gasteiger partial charge in [0.1, 0.15) is 17.4 Å². The number of benzene rings is 3. The summed E-state index contributed by atoms with van der Waals surface area (Å²) in [4.78, 5) is 38.0. The third kappa shape index (κ3) is 5.97. The van der Waals surface area contributed by atoms with Crippen LogP contribution in [-0.2, 0) is 26.3 Å². The zero-order valence-electron chi connectivity index (χ0n) is 20.4. The summed E-state index contributed by atoms with van der Waals surface area (Å²) in [6, 6.07) is 19.7. The SMILES string of the molecule is CC(C)(C)OC(=O)c1ccccc1CC(N)C(=O)Oc1ccccc1C(O)(C(N)=O)c1ccccc1. The van der Waals surface area contributed by atoms with Gasteiger partial charge in [-0.1, -0.05) is 66.7 Å². The lowest BCUT2D eigenvalue weighted by Gasteiger charge is -2.27. The highest BCUT2D eigenvalue weighted by molar-refractivity contribution is 5.92. The average Bonchev–Trinajstić information content (AvgIpc) is 2.83. The number of ether oxygens (including phenoxy) is 2. The van der Waals surface area contributed by atoms with Crippen LogP contribution in [0.4, 0.5) is 0 Å². The van der Waals surface area contributed by atoms with Crippen LogP contribution in [0.15, 0.2) is 78.9 Å². The van der Waals surface area contributed by atoms with Crippen molar-refractivity contribution >= 4 is 17.8 Å². The van der Waals surface area contributed by atoms with Crippen LogP contribution in [0, 0.1) is 0 Å². The van der Waals surface area contributed by atoms with E-state index >= 15 is 0 Å². The highest BCUT2D eigenvalue weighted by Crippen LogP contribution is 2.35. The number of amides is 1. The fourth-order valence-electron chi connectivity index (χ4n) is 3.70. The molecule has 2 atom stereocenters. The number of esters is 2. The molecule has 2 unspecified atom stereocenters. The summed E-state index contributed by atoms with van der Waals surface area (Å²) in [5.41, 5.74) is 9.82. The summed E-state index contributed by atoms with van der Waals surface area (Å²) in [6.07, 6.45) is -0.00477. The highest BCUT2D eigenvalue weighted by Gasteiger charge is 2.41. The van der Waals surface area contributed by atoms with E-state index in [1.165, 1.54) is 12.1 Å². The number of nitrogens with two attached hydrogens (primary N) is 2. The van der Waals surface area contributed by atoms with E-state index in [0.717, 1.165) is 0 Å². The van der Waals surface area contributed by atoms with E-state index in [1.807, 2.05) is 0 Å². The smallest absolute Gasteiger partial charge is 0.338 e. The minimum absolute atomic E-state index is 0.00148. The predicted molar refractivity (Wildman–Crippen MR) is 134 cm³/mol. The first-order chi connectivity index (χ1) is 16.9. The van der Waals surface area contributed by atoms with Gasteiger partial charge in [-0.15, -0.1) is 0 Å². The Hall–Kier alpha value is -4.01. The maximum Gasteiger partial charge on any atom is 0.338 e. The molecule has 36 heavy (non-hydrogen) atoms. The van der Waals surface area contributed by atoms with Gasteiger partial charge in [-0.2, -0.15) is 0 Å². The van der Waals surface area contributed by atoms with Gasteiger partial charge in [-0.3, -0.25) is 4.79 Å². The fourth-order valence-corrected chi connectivity index (χ4v) is 3.70. The number of aliphatic hydroxyl groups is 1. The first kappa shape index (κ1) is 26.6. The van der Waals surface area contributed by atoms with Gasteiger partial charge >= 0.3 is 11.9 Å². The Bertz CT molecular complexity index is 1250. The number of carbonyl (C=O) groups excluding carboxylic acids is 3. The molecule has 5 N–H and O–H groups in total. The number of rotatable bonds is 8. The topological polar surface area (TPSA) is 142 Å². The van der Waals surface area contributed by atoms with Crippen LogP contribution < -0.4 is 16.2 Å². The van der Waals surface area contributed by atoms with Gasteiger partial charge in [-0.05, 0) is 50.5 Å². The minimum atomic E-state index is -2.24. The standard InChI is InChI=1S/C28H30N2O6/c1-27(2,3)36-24(31)20-14-8-7-11-18(20)17-22(29)25(32)35-23-16-10-9-15-21(23)28(34,26(30)33)19-12-5-4-6-13-19/h4-16,22,34H,17,29H2,1-3H3,(H2,30,33). The van der Waals surface area contributed by atoms with Crippen molar-refractivity contribution in [2.24, 2.45) is 11.5 Å². The third-order valence-corrected chi connectivity index (χ3v) is 5.41. The van der Waals surface area contributed by atoms with Crippen LogP contribution in [0.1, 0.15) is 47.8 Å². The van der Waals surface area contributed by atoms with E-state index in [1.54, 1.807) is 87.5 Å². The van der Waals surface area contributed by atoms with Crippen molar-refractivity contribution in [3.05, 3.63) is 101 Å². The number of primary amides is 1. The molecule has 8 heteroatoms. The maximum absolute atomic E-state index is 13.0. The van der Waals surface area contributed by atoms with Crippen LogP contribution in [0.25, 0.3) is 0 Å². The second kappa shape index (κ2) is 10.7. The van der Waals surface area contributed by atoms with Crippen molar-refractivity contribution in [2.45, 2.75) is 44.4 Å². The van der Waals surface area contributed by atoms with E-state index in [4.69, 9.17) is 20.9 Å². The van der Waals surface area contributed by atoms with Crippen LogP contribution in [0.5, 0.6) is 5.75 Å². The van der Waals surface area contributed by atoms with Crippen molar-refractivity contribution < 1.29 is 29.0 Å². The molecule has 0 aliphatic heterocycles. The van der Waals surface area contributed by atoms with E-state index < -0.39 is 35.1 Å². The van der Waals surface area contributed by atoms with E-state index in [-0.39, 0.29) is 23.3 Å². The lowest BCUT2D eigenvalue weighted by Crippen LogP contribution is -2.43. The molecule has 0 saturated heterocycles. The second-order valence-electron chi connectivity index (χ2n) is 9.33. The Labute approximate surface area is 209 Å². The van der Waals surface area contributed by atoms with Gasteiger partial charge in [-0.25, -0.2) is 9.59 Å². The maximum atomic E-state index is 13.0. The first-order valence-corrected chi connectivity index (χ1v) is 11.4. The Balaban J connectivity index is 1.86. The lowest BCUT2D eigenvalue weighted by atomic mass is 9.85. The molecule has 188 valence electrons. The molecule has 0 radical (unpaired) electrons. The molecule has 0 aliphatic carbocycles. The molecule has 0 spiro atoms. The lowest BCUT2D eigenvalue weighted by molar-refractivity contribution is -0.137. The molecule has 0 saturated carbocycles. The average molecular weight is 491 g/mol. The predicted octanol–water partition coefficient (Wildman–Crippen LogP) is 2.84. The Morgan fingerprint density at radius 2 is 1.47 bits per heavy atom. The Morgan fingerprint density at radius 3 is 2.11 bits per heavy atom. The summed E-state index contributed by atoms with van der Waals surface area (Å²) >= 11 is 0. The molecular formula is C28H30N2O6. The van der Waals surface area contributed by atoms with Gasteiger partial charge in [0.25, 0.3) is 5.91 Å². The molecule has 8 nitrogen and oxygen atoms in total. The molecular weight excluding hydrogens is 460 g/mol. The van der Waals surface area contributed by atoms with Crippen LogP contribution in [-0.4, -0.2) is 34.6 Å². The van der Waals surface area contributed by atoms with Gasteiger partial charge in [0, 0.05) is 5.56 Å². The summed E-state index contributed by atoms with van der Waals surface area (Å²) in [5, 5.41) is 11.3. The molecule has 0 bridgehead atoms. The zero-order valence-corrected chi connectivity index (χ0v) is 20.4. The summed E-state index contributed by atoms with van der Waals surface area (Å²) in [6.45, 7) is 5.28. The monoisotopic (exact) mass is 490 g/mol. The summed E-state index contributed by atoms with van der Waals surface area (Å²) in [7, 11) is 0. The Morgan fingerprint density at radius 1 is 0.889 bits per heavy atom. The first-order valence-electron chi connectivity index (χ1n) is 11.4. The van der Waals surface area contributed by atoms with E-state index in [9.17, 15) is 19.5 Å². The molecule has 0 heterocycles. The van der Waals surface area contributed by atoms with Crippen LogP contribution in [0.3, 0.4) is 0 Å². The van der Waals surface area contributed by atoms with Crippen molar-refractivity contribution in [3.8, 4) is 5.75 Å². The second-order valence-corrected chi connectivity index (χ2v) is 9.33. The molecule has 1 amide bonds. The van der Waals surface area contributed by atoms with E-state index in [0.29, 0.717) is 11.1 Å². The quantitative estimate of drug-likeness (QED) is 0.326. The zero-order chi connectivity index (χ0) is 26.5. The Kier molecular flexibility index (Phi) is 7.92. The van der Waals surface area contributed by atoms with Crippen LogP contribution >= 0.6 is 0 Å². The molecule has 0 fully saturated rings. The van der Waals surface area contributed by atoms with Gasteiger partial charge in [0.15, 0.2) is 5.60 Å². The van der Waals surface area contributed by atoms with Crippen LogP contribution in [0.2, 0.25) is 0 Å². The normalized spacial score (nSPS) is 13.8. The minimum Gasteiger partial charge on any atom is -0.456 e. The van der Waals surface area contributed by atoms with Crippen molar-refractivity contribution in [1.29, 1.82) is 0 Å². The summed E-state index contributed by atoms with van der Waals surface area (Å²) in [5.74, 6) is -2.45. The summed E-state index contributed by atoms with van der Waals surface area (Å²) < 4.78 is 11.0. The number of para-hydroxylation sites is 1. The molecule has 3 aromatic carbocycles. The third-order valence-electron chi connectivity index (χ3n) is 5.41.